The van der Waals surface area contributed by atoms with Crippen LogP contribution in [0.4, 0.5) is 4.79 Å². The molecule has 0 aliphatic rings. The molecule has 0 spiro atoms. The largest absolute Gasteiger partial charge is 0.468 e. The number of methoxy groups -OCH3 is 1. The summed E-state index contributed by atoms with van der Waals surface area (Å²) in [6.45, 7) is 4.12. The quantitative estimate of drug-likeness (QED) is 0.0176. The van der Waals surface area contributed by atoms with Crippen LogP contribution in [0.15, 0.2) is 121 Å². The van der Waals surface area contributed by atoms with Crippen LogP contribution in [0.25, 0.3) is 6.08 Å². The second kappa shape index (κ2) is 29.2. The van der Waals surface area contributed by atoms with E-state index in [4.69, 9.17) is 69.0 Å². The first-order valence-electron chi connectivity index (χ1n) is 22.5. The third-order valence-electron chi connectivity index (χ3n) is 10.3. The van der Waals surface area contributed by atoms with Crippen molar-refractivity contribution in [2.24, 2.45) is 11.7 Å². The highest BCUT2D eigenvalue weighted by molar-refractivity contribution is 6.67. The molecule has 5 atom stereocenters. The van der Waals surface area contributed by atoms with Crippen molar-refractivity contribution in [3.05, 3.63) is 143 Å². The van der Waals surface area contributed by atoms with Crippen molar-refractivity contribution >= 4 is 76.6 Å². The third-order valence-corrected chi connectivity index (χ3v) is 10.6. The Hall–Kier alpha value is -6.21. The number of nitrogens with one attached hydrogen (secondary N) is 3. The Kier molecular flexibility index (Phi) is 23.6. The van der Waals surface area contributed by atoms with Gasteiger partial charge in [-0.15, -0.1) is 0 Å². The summed E-state index contributed by atoms with van der Waals surface area (Å²) < 4.78 is 30.6. The first-order valence-corrected chi connectivity index (χ1v) is 23.6. The predicted molar refractivity (Wildman–Crippen MR) is 268 cm³/mol. The topological polar surface area (TPSA) is 223 Å². The van der Waals surface area contributed by atoms with E-state index in [1.807, 2.05) is 44.2 Å². The van der Waals surface area contributed by atoms with E-state index in [-0.39, 0.29) is 51.1 Å². The lowest BCUT2D eigenvalue weighted by molar-refractivity contribution is -0.155. The number of esters is 2. The van der Waals surface area contributed by atoms with Gasteiger partial charge >= 0.3 is 18.0 Å². The number of alkyl carbamates (subject to hydrolysis) is 1. The fourth-order valence-corrected chi connectivity index (χ4v) is 6.81. The van der Waals surface area contributed by atoms with Gasteiger partial charge < -0.3 is 55.0 Å². The molecule has 4 rings (SSSR count). The molecule has 0 saturated heterocycles. The van der Waals surface area contributed by atoms with Gasteiger partial charge in [-0.2, -0.15) is 0 Å². The lowest BCUT2D eigenvalue weighted by atomic mass is 10.0. The number of ether oxygens (including phenoxy) is 6. The van der Waals surface area contributed by atoms with Crippen molar-refractivity contribution in [2.45, 2.75) is 80.9 Å². The molecule has 20 heteroatoms. The first kappa shape index (κ1) is 57.4. The van der Waals surface area contributed by atoms with Crippen LogP contribution in [0.1, 0.15) is 49.4 Å². The average molecular weight is 1040 g/mol. The van der Waals surface area contributed by atoms with Crippen molar-refractivity contribution < 1.29 is 57.2 Å². The fraction of sp³-hybridized carbons (Fsp3) is 0.373. The highest BCUT2D eigenvalue weighted by Crippen LogP contribution is 2.26. The van der Waals surface area contributed by atoms with Crippen LogP contribution >= 0.6 is 34.8 Å². The van der Waals surface area contributed by atoms with Gasteiger partial charge in [-0.3, -0.25) is 19.2 Å². The van der Waals surface area contributed by atoms with E-state index in [0.29, 0.717) is 22.4 Å². The number of benzene rings is 4. The minimum atomic E-state index is -1.94. The maximum atomic E-state index is 14.8. The molecule has 0 fully saturated rings. The molecule has 17 nitrogen and oxygen atoms in total. The summed E-state index contributed by atoms with van der Waals surface area (Å²) in [7, 11) is 2.73. The number of alkyl halides is 3. The Balaban J connectivity index is 1.67. The molecule has 0 bridgehead atoms. The zero-order chi connectivity index (χ0) is 51.9. The van der Waals surface area contributed by atoms with Gasteiger partial charge in [0.1, 0.15) is 54.9 Å². The predicted octanol–water partition coefficient (Wildman–Crippen LogP) is 6.41. The van der Waals surface area contributed by atoms with E-state index in [1.165, 1.54) is 27.2 Å². The van der Waals surface area contributed by atoms with E-state index in [0.717, 1.165) is 10.5 Å². The van der Waals surface area contributed by atoms with Crippen LogP contribution < -0.4 is 26.4 Å². The monoisotopic (exact) mass is 1040 g/mol. The highest BCUT2D eigenvalue weighted by Gasteiger charge is 2.37. The molecule has 4 aromatic carbocycles. The van der Waals surface area contributed by atoms with Crippen LogP contribution in [0.3, 0.4) is 0 Å². The van der Waals surface area contributed by atoms with Crippen LogP contribution in [0.2, 0.25) is 0 Å². The van der Waals surface area contributed by atoms with Crippen molar-refractivity contribution in [3.63, 3.8) is 0 Å². The Labute approximate surface area is 428 Å². The van der Waals surface area contributed by atoms with Crippen LogP contribution in [-0.2, 0) is 67.3 Å². The van der Waals surface area contributed by atoms with Gasteiger partial charge in [0.15, 0.2) is 6.79 Å². The molecule has 0 unspecified atom stereocenters. The molecular weight excluding hydrogens is 981 g/mol. The number of carbonyl (C=O) groups is 6. The summed E-state index contributed by atoms with van der Waals surface area (Å²) in [4.78, 5) is 84.9. The molecule has 0 heterocycles. The Morgan fingerprint density at radius 1 is 0.718 bits per heavy atom. The zero-order valence-electron chi connectivity index (χ0n) is 40.0. The average Bonchev–Trinajstić information content (AvgIpc) is 3.35. The van der Waals surface area contributed by atoms with Crippen molar-refractivity contribution in [2.75, 3.05) is 34.2 Å². The van der Waals surface area contributed by atoms with Gasteiger partial charge in [0.2, 0.25) is 9.70 Å². The van der Waals surface area contributed by atoms with E-state index in [1.54, 1.807) is 84.9 Å². The molecule has 382 valence electrons. The lowest BCUT2D eigenvalue weighted by Crippen LogP contribution is -2.56. The molecule has 71 heavy (non-hydrogen) atoms. The molecule has 0 aliphatic heterocycles. The van der Waals surface area contributed by atoms with E-state index < -0.39 is 76.4 Å². The van der Waals surface area contributed by atoms with Crippen LogP contribution in [-0.4, -0.2) is 109 Å². The lowest BCUT2D eigenvalue weighted by Gasteiger charge is -2.30. The number of nitrogens with zero attached hydrogens (tertiary/aromatic N) is 1. The summed E-state index contributed by atoms with van der Waals surface area (Å²) in [6.07, 6.45) is -1.05. The summed E-state index contributed by atoms with van der Waals surface area (Å²) in [5, 5.41) is 7.92. The molecule has 5 N–H and O–H groups in total. The van der Waals surface area contributed by atoms with Crippen LogP contribution in [0.5, 0.6) is 5.75 Å². The number of likely N-dealkylation sites (N-methyl/N-ethyl adjacent to an activating group) is 1. The summed E-state index contributed by atoms with van der Waals surface area (Å²) in [5.74, 6) is -4.24. The maximum absolute atomic E-state index is 14.8. The molecule has 0 radical (unpaired) electrons. The van der Waals surface area contributed by atoms with E-state index in [2.05, 4.69) is 16.0 Å². The van der Waals surface area contributed by atoms with Gasteiger partial charge in [0.05, 0.1) is 13.2 Å². The molecule has 4 amide bonds. The number of halogens is 3. The van der Waals surface area contributed by atoms with Gasteiger partial charge in [-0.1, -0.05) is 152 Å². The normalized spacial score (nSPS) is 13.6. The Bertz CT molecular complexity index is 2360. The fourth-order valence-electron chi connectivity index (χ4n) is 6.65. The maximum Gasteiger partial charge on any atom is 0.408 e. The number of hydrogen-bond acceptors (Lipinski definition) is 13. The smallest absolute Gasteiger partial charge is 0.408 e. The summed E-state index contributed by atoms with van der Waals surface area (Å²) in [5.41, 5.74) is 8.40. The Morgan fingerprint density at radius 2 is 1.30 bits per heavy atom. The second-order valence-corrected chi connectivity index (χ2v) is 19.1. The zero-order valence-corrected chi connectivity index (χ0v) is 42.3. The molecule has 0 saturated carbocycles. The van der Waals surface area contributed by atoms with E-state index >= 15 is 0 Å². The first-order chi connectivity index (χ1) is 33.8. The van der Waals surface area contributed by atoms with E-state index in [9.17, 15) is 28.8 Å². The number of nitrogens with two attached hydrogens (primary N) is 1. The van der Waals surface area contributed by atoms with Gasteiger partial charge in [0, 0.05) is 20.6 Å². The number of amides is 4. The molecule has 4 aromatic rings. The van der Waals surface area contributed by atoms with Crippen molar-refractivity contribution in [3.8, 4) is 5.75 Å². The summed E-state index contributed by atoms with van der Waals surface area (Å²) in [6, 6.07) is 27.6. The number of rotatable bonds is 26. The van der Waals surface area contributed by atoms with Gasteiger partial charge in [0.25, 0.3) is 11.8 Å². The number of carbonyl (C=O) groups excluding carboxylic acids is 6. The van der Waals surface area contributed by atoms with Gasteiger partial charge in [-0.05, 0) is 59.7 Å². The van der Waals surface area contributed by atoms with Crippen molar-refractivity contribution in [1.82, 2.24) is 20.9 Å². The van der Waals surface area contributed by atoms with Gasteiger partial charge in [-0.25, -0.2) is 9.59 Å². The standard InChI is InChI=1S/C51H60Cl3N5O12/c1-33(2)25-41(45(60)57-42(26-35-15-9-6-10-16-35)49(64)69-31-51(52,53)54)56-46(61)43(27-36-21-23-39(24-22-36)70-32-66-5)59(4)47(62)44(58-50(65)68-29-38-19-13-8-14-20-38)34(3)71-48(63)40(55)30-67-28-37-17-11-7-12-18-37/h6-24,27,33-34,40-42,44H,25-26,28-32,55H2,1-5H3,(H,56,61)(H,57,60)(H,58,65)/b43-27+/t34-,40+,41+,42-,44+/m1/s1. The van der Waals surface area contributed by atoms with Crippen molar-refractivity contribution in [1.29, 1.82) is 0 Å². The molecule has 0 aromatic heterocycles. The minimum absolute atomic E-state index is 0.0172. The highest BCUT2D eigenvalue weighted by atomic mass is 35.6. The van der Waals surface area contributed by atoms with Crippen LogP contribution in [0, 0.1) is 5.92 Å². The SMILES string of the molecule is COCOc1ccc(/C=C(\C(=O)N[C@@H](CC(C)C)C(=O)N[C@H](Cc2ccccc2)C(=O)OCC(Cl)(Cl)Cl)N(C)C(=O)[C@@H](NC(=O)OCc2ccccc2)[C@@H](C)OC(=O)[C@@H](N)COCc2ccccc2)cc1. The summed E-state index contributed by atoms with van der Waals surface area (Å²) >= 11 is 17.6. The third kappa shape index (κ3) is 20.6. The molecule has 0 aliphatic carbocycles. The Morgan fingerprint density at radius 3 is 1.86 bits per heavy atom. The number of hydrogen-bond donors (Lipinski definition) is 4. The second-order valence-electron chi connectivity index (χ2n) is 16.6. The minimum Gasteiger partial charge on any atom is -0.468 e. The molecular formula is C51H60Cl3N5O12.